The maximum absolute atomic E-state index is 12.7. The Balaban J connectivity index is 3.03. The van der Waals surface area contributed by atoms with Crippen molar-refractivity contribution < 1.29 is 13.2 Å². The maximum atomic E-state index is 12.7. The number of hydrogen-bond donors (Lipinski definition) is 1. The van der Waals surface area contributed by atoms with Crippen molar-refractivity contribution in [2.45, 2.75) is 38.9 Å². The van der Waals surface area contributed by atoms with E-state index in [0.29, 0.717) is 5.92 Å². The minimum absolute atomic E-state index is 0.0392. The molecule has 0 fully saturated rings. The molecule has 102 valence electrons. The van der Waals surface area contributed by atoms with Gasteiger partial charge in [-0.3, -0.25) is 0 Å². The van der Waals surface area contributed by atoms with Crippen LogP contribution in [0.4, 0.5) is 13.2 Å². The van der Waals surface area contributed by atoms with E-state index in [1.807, 2.05) is 14.0 Å². The van der Waals surface area contributed by atoms with Gasteiger partial charge in [-0.2, -0.15) is 13.2 Å². The lowest BCUT2D eigenvalue weighted by molar-refractivity contribution is -0.137. The molecule has 1 aromatic carbocycles. The highest BCUT2D eigenvalue weighted by Gasteiger charge is 2.31. The number of likely N-dealkylation sites (N-methyl/N-ethyl adjacent to an activating group) is 1. The summed E-state index contributed by atoms with van der Waals surface area (Å²) in [7, 11) is 1.84. The van der Waals surface area contributed by atoms with Crippen LogP contribution in [0.1, 0.15) is 37.8 Å². The summed E-state index contributed by atoms with van der Waals surface area (Å²) in [6.07, 6.45) is -4.28. The van der Waals surface area contributed by atoms with Gasteiger partial charge in [0.25, 0.3) is 0 Å². The molecule has 0 bridgehead atoms. The second kappa shape index (κ2) is 5.74. The molecule has 0 spiro atoms. The van der Waals surface area contributed by atoms with Crippen LogP contribution in [-0.4, -0.2) is 13.1 Å². The molecule has 1 rings (SSSR count). The molecule has 0 aliphatic carbocycles. The van der Waals surface area contributed by atoms with Crippen LogP contribution >= 0.6 is 0 Å². The van der Waals surface area contributed by atoms with Crippen LogP contribution in [0.3, 0.4) is 0 Å². The second-order valence-electron chi connectivity index (χ2n) is 4.97. The number of halogens is 3. The van der Waals surface area contributed by atoms with Crippen LogP contribution in [0, 0.1) is 5.92 Å². The summed E-state index contributed by atoms with van der Waals surface area (Å²) >= 11 is 0. The van der Waals surface area contributed by atoms with Crippen molar-refractivity contribution in [3.05, 3.63) is 35.4 Å². The van der Waals surface area contributed by atoms with Gasteiger partial charge in [-0.1, -0.05) is 39.0 Å². The third-order valence-corrected chi connectivity index (χ3v) is 3.33. The monoisotopic (exact) mass is 259 g/mol. The first kappa shape index (κ1) is 15.0. The van der Waals surface area contributed by atoms with Crippen molar-refractivity contribution in [1.29, 1.82) is 0 Å². The average Bonchev–Trinajstić information content (AvgIpc) is 2.28. The molecule has 0 saturated heterocycles. The summed E-state index contributed by atoms with van der Waals surface area (Å²) in [5.41, 5.74) is 0.142. The van der Waals surface area contributed by atoms with Gasteiger partial charge >= 0.3 is 6.18 Å². The van der Waals surface area contributed by atoms with Gasteiger partial charge in [0.15, 0.2) is 0 Å². The first-order valence-corrected chi connectivity index (χ1v) is 6.11. The van der Waals surface area contributed by atoms with E-state index in [1.54, 1.807) is 6.07 Å². The van der Waals surface area contributed by atoms with Crippen LogP contribution < -0.4 is 5.32 Å². The van der Waals surface area contributed by atoms with E-state index in [2.05, 4.69) is 19.2 Å². The summed E-state index contributed by atoms with van der Waals surface area (Å²) in [6, 6.07) is 5.75. The Labute approximate surface area is 106 Å². The van der Waals surface area contributed by atoms with E-state index in [0.717, 1.165) is 11.6 Å². The van der Waals surface area contributed by atoms with Crippen LogP contribution in [0.5, 0.6) is 0 Å². The molecule has 0 saturated carbocycles. The minimum Gasteiger partial charge on any atom is -0.316 e. The molecule has 0 aliphatic rings. The summed E-state index contributed by atoms with van der Waals surface area (Å²) in [5, 5.41) is 3.18. The van der Waals surface area contributed by atoms with E-state index in [1.165, 1.54) is 12.1 Å². The standard InChI is InChI=1S/C14H20F3N/c1-9(2)13(18-4)10(3)11-6-5-7-12(8-11)14(15,16)17/h5-10,13,18H,1-4H3. The normalized spacial score (nSPS) is 15.8. The number of nitrogens with one attached hydrogen (secondary N) is 1. The number of benzene rings is 1. The predicted molar refractivity (Wildman–Crippen MR) is 67.5 cm³/mol. The van der Waals surface area contributed by atoms with E-state index >= 15 is 0 Å². The van der Waals surface area contributed by atoms with Gasteiger partial charge in [0.2, 0.25) is 0 Å². The molecular weight excluding hydrogens is 239 g/mol. The third kappa shape index (κ3) is 3.48. The summed E-state index contributed by atoms with van der Waals surface area (Å²) < 4.78 is 38.0. The van der Waals surface area contributed by atoms with Crippen LogP contribution in [0.25, 0.3) is 0 Å². The van der Waals surface area contributed by atoms with Gasteiger partial charge in [-0.15, -0.1) is 0 Å². The zero-order valence-corrected chi connectivity index (χ0v) is 11.2. The molecule has 2 atom stereocenters. The highest BCUT2D eigenvalue weighted by Crippen LogP contribution is 2.32. The first-order valence-electron chi connectivity index (χ1n) is 6.11. The zero-order chi connectivity index (χ0) is 13.9. The molecule has 0 amide bonds. The van der Waals surface area contributed by atoms with E-state index in [9.17, 15) is 13.2 Å². The van der Waals surface area contributed by atoms with Gasteiger partial charge in [0.05, 0.1) is 5.56 Å². The average molecular weight is 259 g/mol. The summed E-state index contributed by atoms with van der Waals surface area (Å²) in [5.74, 6) is 0.400. The highest BCUT2D eigenvalue weighted by molar-refractivity contribution is 5.29. The van der Waals surface area contributed by atoms with Crippen molar-refractivity contribution in [2.75, 3.05) is 7.05 Å². The summed E-state index contributed by atoms with van der Waals surface area (Å²) in [4.78, 5) is 0. The van der Waals surface area contributed by atoms with E-state index < -0.39 is 11.7 Å². The van der Waals surface area contributed by atoms with Crippen molar-refractivity contribution >= 4 is 0 Å². The zero-order valence-electron chi connectivity index (χ0n) is 11.2. The smallest absolute Gasteiger partial charge is 0.316 e. The Kier molecular flexibility index (Phi) is 4.79. The summed E-state index contributed by atoms with van der Waals surface area (Å²) in [6.45, 7) is 6.08. The molecule has 4 heteroatoms. The van der Waals surface area contributed by atoms with Crippen LogP contribution in [-0.2, 0) is 6.18 Å². The predicted octanol–water partition coefficient (Wildman–Crippen LogP) is 4.05. The lowest BCUT2D eigenvalue weighted by Gasteiger charge is -2.28. The molecule has 1 N–H and O–H groups in total. The van der Waals surface area contributed by atoms with Gasteiger partial charge in [0, 0.05) is 6.04 Å². The number of rotatable bonds is 4. The third-order valence-electron chi connectivity index (χ3n) is 3.33. The molecule has 0 heterocycles. The maximum Gasteiger partial charge on any atom is 0.416 e. The van der Waals surface area contributed by atoms with Crippen LogP contribution in [0.15, 0.2) is 24.3 Å². The lowest BCUT2D eigenvalue weighted by atomic mass is 9.86. The van der Waals surface area contributed by atoms with Gasteiger partial charge in [-0.05, 0) is 30.5 Å². The number of alkyl halides is 3. The fourth-order valence-electron chi connectivity index (χ4n) is 2.37. The Hall–Kier alpha value is -1.03. The Morgan fingerprint density at radius 1 is 1.11 bits per heavy atom. The first-order chi connectivity index (χ1) is 8.27. The largest absolute Gasteiger partial charge is 0.416 e. The topological polar surface area (TPSA) is 12.0 Å². The highest BCUT2D eigenvalue weighted by atomic mass is 19.4. The van der Waals surface area contributed by atoms with Gasteiger partial charge < -0.3 is 5.32 Å². The fourth-order valence-corrected chi connectivity index (χ4v) is 2.37. The van der Waals surface area contributed by atoms with Gasteiger partial charge in [0.1, 0.15) is 0 Å². The Bertz CT molecular complexity index is 385. The van der Waals surface area contributed by atoms with Crippen LogP contribution in [0.2, 0.25) is 0 Å². The van der Waals surface area contributed by atoms with Gasteiger partial charge in [-0.25, -0.2) is 0 Å². The molecule has 0 radical (unpaired) electrons. The molecule has 1 aromatic rings. The molecule has 2 unspecified atom stereocenters. The molecule has 1 nitrogen and oxygen atoms in total. The molecule has 18 heavy (non-hydrogen) atoms. The molecule has 0 aliphatic heterocycles. The lowest BCUT2D eigenvalue weighted by Crippen LogP contribution is -2.35. The Morgan fingerprint density at radius 2 is 1.72 bits per heavy atom. The SMILES string of the molecule is CNC(C(C)C)C(C)c1cccc(C(F)(F)F)c1. The van der Waals surface area contributed by atoms with Crippen molar-refractivity contribution in [3.8, 4) is 0 Å². The van der Waals surface area contributed by atoms with E-state index in [-0.39, 0.29) is 12.0 Å². The van der Waals surface area contributed by atoms with Crippen molar-refractivity contribution in [1.82, 2.24) is 5.32 Å². The second-order valence-corrected chi connectivity index (χ2v) is 4.97. The molecular formula is C14H20F3N. The van der Waals surface area contributed by atoms with Crippen molar-refractivity contribution in [3.63, 3.8) is 0 Å². The Morgan fingerprint density at radius 3 is 2.17 bits per heavy atom. The fraction of sp³-hybridized carbons (Fsp3) is 0.571. The number of hydrogen-bond acceptors (Lipinski definition) is 1. The minimum atomic E-state index is -4.28. The molecule has 0 aromatic heterocycles. The quantitative estimate of drug-likeness (QED) is 0.860. The van der Waals surface area contributed by atoms with Crippen molar-refractivity contribution in [2.24, 2.45) is 5.92 Å². The van der Waals surface area contributed by atoms with E-state index in [4.69, 9.17) is 0 Å².